The summed E-state index contributed by atoms with van der Waals surface area (Å²) in [5.41, 5.74) is 9.70. The molecule has 1 saturated heterocycles. The number of hydrogen-bond acceptors (Lipinski definition) is 6. The monoisotopic (exact) mass is 440 g/mol. The molecule has 0 bridgehead atoms. The number of carbonyl (C=O) groups excluding carboxylic acids is 2. The molecule has 8 heteroatoms. The van der Waals surface area contributed by atoms with E-state index in [1.165, 1.54) is 7.11 Å². The third kappa shape index (κ3) is 4.11. The van der Waals surface area contributed by atoms with Crippen LogP contribution in [0.2, 0.25) is 0 Å². The molecular formula is C24H32N4O4. The van der Waals surface area contributed by atoms with Gasteiger partial charge in [0.2, 0.25) is 0 Å². The minimum Gasteiger partial charge on any atom is -0.496 e. The maximum atomic E-state index is 13.0. The lowest BCUT2D eigenvalue weighted by Gasteiger charge is -2.29. The van der Waals surface area contributed by atoms with Crippen molar-refractivity contribution in [3.05, 3.63) is 34.6 Å². The summed E-state index contributed by atoms with van der Waals surface area (Å²) in [5, 5.41) is 8.28. The number of ketones is 1. The SMILES string of the molecule is CCc1nn(-c2cc(NC3CCOCC3)c(C(N)=O)c(OC)c2)c2c1C(=O)CC(C)(C)C2. The van der Waals surface area contributed by atoms with Crippen LogP contribution in [0.3, 0.4) is 0 Å². The summed E-state index contributed by atoms with van der Waals surface area (Å²) >= 11 is 0. The lowest BCUT2D eigenvalue weighted by Crippen LogP contribution is -2.29. The molecule has 3 N–H and O–H groups in total. The number of nitrogens with two attached hydrogens (primary N) is 1. The van der Waals surface area contributed by atoms with Gasteiger partial charge in [0.1, 0.15) is 11.3 Å². The van der Waals surface area contributed by atoms with Gasteiger partial charge in [-0.3, -0.25) is 9.59 Å². The van der Waals surface area contributed by atoms with Gasteiger partial charge in [-0.15, -0.1) is 0 Å². The smallest absolute Gasteiger partial charge is 0.254 e. The molecule has 0 saturated carbocycles. The quantitative estimate of drug-likeness (QED) is 0.714. The molecule has 0 unspecified atom stereocenters. The van der Waals surface area contributed by atoms with Gasteiger partial charge in [-0.2, -0.15) is 5.10 Å². The molecule has 1 aliphatic heterocycles. The Morgan fingerprint density at radius 3 is 2.66 bits per heavy atom. The molecular weight excluding hydrogens is 408 g/mol. The van der Waals surface area contributed by atoms with E-state index < -0.39 is 5.91 Å². The largest absolute Gasteiger partial charge is 0.496 e. The number of nitrogens with zero attached hydrogens (tertiary/aromatic N) is 2. The zero-order chi connectivity index (χ0) is 23.0. The van der Waals surface area contributed by atoms with Gasteiger partial charge >= 0.3 is 0 Å². The Labute approximate surface area is 188 Å². The molecule has 8 nitrogen and oxygen atoms in total. The van der Waals surface area contributed by atoms with Crippen LogP contribution in [-0.2, 0) is 17.6 Å². The first-order valence-electron chi connectivity index (χ1n) is 11.2. The average Bonchev–Trinajstić information content (AvgIpc) is 3.11. The van der Waals surface area contributed by atoms with E-state index in [0.29, 0.717) is 43.1 Å². The maximum absolute atomic E-state index is 13.0. The summed E-state index contributed by atoms with van der Waals surface area (Å²) < 4.78 is 12.9. The number of ether oxygens (including phenoxy) is 2. The number of methoxy groups -OCH3 is 1. The van der Waals surface area contributed by atoms with Crippen LogP contribution in [0.5, 0.6) is 5.75 Å². The fourth-order valence-electron chi connectivity index (χ4n) is 4.80. The van der Waals surface area contributed by atoms with Crippen molar-refractivity contribution in [3.63, 3.8) is 0 Å². The zero-order valence-corrected chi connectivity index (χ0v) is 19.3. The van der Waals surface area contributed by atoms with Gasteiger partial charge in [0.05, 0.1) is 35.4 Å². The molecule has 0 atom stereocenters. The van der Waals surface area contributed by atoms with Gasteiger partial charge in [-0.05, 0) is 37.2 Å². The first-order valence-corrected chi connectivity index (χ1v) is 11.2. The number of nitrogens with one attached hydrogen (secondary N) is 1. The van der Waals surface area contributed by atoms with Crippen molar-refractivity contribution >= 4 is 17.4 Å². The maximum Gasteiger partial charge on any atom is 0.254 e. The number of aromatic nitrogens is 2. The number of benzene rings is 1. The van der Waals surface area contributed by atoms with Gasteiger partial charge in [0.15, 0.2) is 5.78 Å². The van der Waals surface area contributed by atoms with Crippen molar-refractivity contribution in [3.8, 4) is 11.4 Å². The van der Waals surface area contributed by atoms with Crippen molar-refractivity contribution in [1.29, 1.82) is 0 Å². The van der Waals surface area contributed by atoms with Crippen LogP contribution in [0.1, 0.15) is 72.1 Å². The van der Waals surface area contributed by atoms with Crippen LogP contribution in [0, 0.1) is 5.41 Å². The second-order valence-electron chi connectivity index (χ2n) is 9.44. The van der Waals surface area contributed by atoms with Crippen LogP contribution in [-0.4, -0.2) is 47.8 Å². The van der Waals surface area contributed by atoms with E-state index >= 15 is 0 Å². The Kier molecular flexibility index (Phi) is 5.99. The van der Waals surface area contributed by atoms with E-state index in [0.717, 1.165) is 41.9 Å². The Bertz CT molecular complexity index is 1050. The number of hydrogen-bond donors (Lipinski definition) is 2. The second-order valence-corrected chi connectivity index (χ2v) is 9.44. The molecule has 32 heavy (non-hydrogen) atoms. The van der Waals surface area contributed by atoms with Crippen LogP contribution >= 0.6 is 0 Å². The topological polar surface area (TPSA) is 108 Å². The van der Waals surface area contributed by atoms with E-state index in [1.807, 2.05) is 17.7 Å². The Balaban J connectivity index is 1.86. The molecule has 0 radical (unpaired) electrons. The van der Waals surface area contributed by atoms with Crippen LogP contribution in [0.15, 0.2) is 12.1 Å². The Morgan fingerprint density at radius 2 is 2.03 bits per heavy atom. The Hall–Kier alpha value is -2.87. The number of rotatable bonds is 6. The van der Waals surface area contributed by atoms with Crippen molar-refractivity contribution in [2.75, 3.05) is 25.6 Å². The molecule has 172 valence electrons. The van der Waals surface area contributed by atoms with E-state index in [9.17, 15) is 9.59 Å². The molecule has 2 aromatic rings. The summed E-state index contributed by atoms with van der Waals surface area (Å²) in [6, 6.07) is 3.82. The lowest BCUT2D eigenvalue weighted by molar-refractivity contribution is 0.0902. The average molecular weight is 441 g/mol. The molecule has 1 aromatic carbocycles. The van der Waals surface area contributed by atoms with Gasteiger partial charge in [0.25, 0.3) is 5.91 Å². The number of anilines is 1. The lowest BCUT2D eigenvalue weighted by atomic mass is 9.75. The number of Topliss-reactive ketones (excluding diaryl/α,β-unsaturated/α-hetero) is 1. The molecule has 4 rings (SSSR count). The fourth-order valence-corrected chi connectivity index (χ4v) is 4.80. The number of carbonyl (C=O) groups is 2. The van der Waals surface area contributed by atoms with Crippen LogP contribution < -0.4 is 15.8 Å². The first-order chi connectivity index (χ1) is 15.2. The van der Waals surface area contributed by atoms with Gasteiger partial charge in [-0.1, -0.05) is 20.8 Å². The predicted molar refractivity (Wildman–Crippen MR) is 122 cm³/mol. The summed E-state index contributed by atoms with van der Waals surface area (Å²) in [5.74, 6) is -0.0371. The zero-order valence-electron chi connectivity index (χ0n) is 19.3. The van der Waals surface area contributed by atoms with Crippen LogP contribution in [0.4, 0.5) is 5.69 Å². The van der Waals surface area contributed by atoms with Crippen molar-refractivity contribution in [2.45, 2.75) is 58.9 Å². The Morgan fingerprint density at radius 1 is 1.31 bits per heavy atom. The van der Waals surface area contributed by atoms with E-state index in [-0.39, 0.29) is 17.2 Å². The minimum absolute atomic E-state index is 0.139. The summed E-state index contributed by atoms with van der Waals surface area (Å²) in [6.07, 6.45) is 3.60. The third-order valence-electron chi connectivity index (χ3n) is 6.33. The molecule has 2 heterocycles. The van der Waals surface area contributed by atoms with Crippen molar-refractivity contribution < 1.29 is 19.1 Å². The highest BCUT2D eigenvalue weighted by Gasteiger charge is 2.36. The minimum atomic E-state index is -0.559. The number of aryl methyl sites for hydroxylation is 1. The van der Waals surface area contributed by atoms with Crippen molar-refractivity contribution in [2.24, 2.45) is 11.1 Å². The second kappa shape index (κ2) is 8.58. The van der Waals surface area contributed by atoms with E-state index in [1.54, 1.807) is 6.07 Å². The van der Waals surface area contributed by atoms with Gasteiger partial charge in [-0.25, -0.2) is 4.68 Å². The van der Waals surface area contributed by atoms with Gasteiger partial charge in [0, 0.05) is 31.7 Å². The number of primary amides is 1. The molecule has 1 aromatic heterocycles. The summed E-state index contributed by atoms with van der Waals surface area (Å²) in [7, 11) is 1.52. The molecule has 2 aliphatic rings. The summed E-state index contributed by atoms with van der Waals surface area (Å²) in [4.78, 5) is 25.3. The standard InChI is InChI=1S/C24H32N4O4/c1-5-16-21-18(12-24(2,3)13-19(21)29)28(27-16)15-10-17(26-14-6-8-32-9-7-14)22(23(25)30)20(11-15)31-4/h10-11,14,26H,5-9,12-13H2,1-4H3,(H2,25,30). The number of fused-ring (bicyclic) bond motifs is 1. The fraction of sp³-hybridized carbons (Fsp3) is 0.542. The highest BCUT2D eigenvalue weighted by atomic mass is 16.5. The van der Waals surface area contributed by atoms with E-state index in [4.69, 9.17) is 20.3 Å². The molecule has 1 amide bonds. The van der Waals surface area contributed by atoms with Crippen molar-refractivity contribution in [1.82, 2.24) is 9.78 Å². The van der Waals surface area contributed by atoms with E-state index in [2.05, 4.69) is 19.2 Å². The van der Waals surface area contributed by atoms with Gasteiger partial charge < -0.3 is 20.5 Å². The summed E-state index contributed by atoms with van der Waals surface area (Å²) in [6.45, 7) is 7.56. The first kappa shape index (κ1) is 22.3. The molecule has 0 spiro atoms. The normalized spacial score (nSPS) is 18.3. The highest BCUT2D eigenvalue weighted by molar-refractivity contribution is 6.02. The third-order valence-corrected chi connectivity index (χ3v) is 6.33. The predicted octanol–water partition coefficient (Wildman–Crippen LogP) is 3.29. The van der Waals surface area contributed by atoms with Crippen LogP contribution in [0.25, 0.3) is 5.69 Å². The highest BCUT2D eigenvalue weighted by Crippen LogP contribution is 2.39. The molecule has 1 fully saturated rings. The number of amides is 1. The molecule has 1 aliphatic carbocycles.